The Labute approximate surface area is 79.5 Å². The molecule has 0 aromatic carbocycles. The van der Waals surface area contributed by atoms with Crippen LogP contribution in [0.5, 0.6) is 0 Å². The summed E-state index contributed by atoms with van der Waals surface area (Å²) in [7, 11) is 0. The molecular formula is C10H17ClO. The first-order valence-corrected chi connectivity index (χ1v) is 5.02. The maximum absolute atomic E-state index is 11.2. The van der Waals surface area contributed by atoms with Gasteiger partial charge in [-0.15, -0.1) is 0 Å². The lowest BCUT2D eigenvalue weighted by Gasteiger charge is -2.40. The second-order valence-corrected chi connectivity index (χ2v) is 5.01. The number of carbonyl (C=O) groups excluding carboxylic acids is 1. The van der Waals surface area contributed by atoms with Gasteiger partial charge in [0.15, 0.2) is 0 Å². The fourth-order valence-corrected chi connectivity index (χ4v) is 3.01. The third-order valence-corrected chi connectivity index (χ3v) is 3.37. The molecule has 1 fully saturated rings. The smallest absolute Gasteiger partial charge is 0.225 e. The molecule has 12 heavy (non-hydrogen) atoms. The van der Waals surface area contributed by atoms with Gasteiger partial charge in [-0.25, -0.2) is 0 Å². The van der Waals surface area contributed by atoms with Gasteiger partial charge in [-0.05, 0) is 35.8 Å². The van der Waals surface area contributed by atoms with Gasteiger partial charge in [0, 0.05) is 5.92 Å². The first-order valence-electron chi connectivity index (χ1n) is 4.64. The molecule has 0 heterocycles. The predicted octanol–water partition coefficient (Wildman–Crippen LogP) is 3.21. The number of hydrogen-bond donors (Lipinski definition) is 0. The average Bonchev–Trinajstić information content (AvgIpc) is 1.82. The maximum atomic E-state index is 11.2. The Bertz CT molecular complexity index is 186. The van der Waals surface area contributed by atoms with E-state index in [1.165, 1.54) is 6.42 Å². The van der Waals surface area contributed by atoms with Gasteiger partial charge in [-0.3, -0.25) is 4.79 Å². The second kappa shape index (κ2) is 3.37. The summed E-state index contributed by atoms with van der Waals surface area (Å²) in [5.74, 6) is 0.520. The van der Waals surface area contributed by atoms with E-state index in [1.807, 2.05) is 0 Å². The SMILES string of the molecule is C[C@@H]1CCCC(C)(C)[C@H]1C(=O)Cl. The fourth-order valence-electron chi connectivity index (χ4n) is 2.50. The third-order valence-electron chi connectivity index (χ3n) is 3.14. The quantitative estimate of drug-likeness (QED) is 0.578. The standard InChI is InChI=1S/C10H17ClO/c1-7-5-4-6-10(2,3)8(7)9(11)12/h7-8H,4-6H2,1-3H3/t7-,8-/m1/s1. The number of halogens is 1. The van der Waals surface area contributed by atoms with E-state index >= 15 is 0 Å². The zero-order chi connectivity index (χ0) is 9.35. The van der Waals surface area contributed by atoms with Crippen LogP contribution in [0.2, 0.25) is 0 Å². The van der Waals surface area contributed by atoms with Crippen molar-refractivity contribution in [2.24, 2.45) is 17.3 Å². The average molecular weight is 189 g/mol. The molecule has 0 aliphatic heterocycles. The highest BCUT2D eigenvalue weighted by atomic mass is 35.5. The molecule has 0 radical (unpaired) electrons. The summed E-state index contributed by atoms with van der Waals surface area (Å²) in [6.07, 6.45) is 3.50. The predicted molar refractivity (Wildman–Crippen MR) is 51.1 cm³/mol. The highest BCUT2D eigenvalue weighted by Crippen LogP contribution is 2.44. The molecule has 0 aromatic heterocycles. The van der Waals surface area contributed by atoms with Crippen LogP contribution in [0.25, 0.3) is 0 Å². The Morgan fingerprint density at radius 2 is 2.08 bits per heavy atom. The van der Waals surface area contributed by atoms with Crippen molar-refractivity contribution in [3.63, 3.8) is 0 Å². The monoisotopic (exact) mass is 188 g/mol. The van der Waals surface area contributed by atoms with E-state index in [9.17, 15) is 4.79 Å². The van der Waals surface area contributed by atoms with E-state index in [0.717, 1.165) is 12.8 Å². The van der Waals surface area contributed by atoms with E-state index in [4.69, 9.17) is 11.6 Å². The molecule has 0 spiro atoms. The Hall–Kier alpha value is -0.0400. The molecule has 0 unspecified atom stereocenters. The van der Waals surface area contributed by atoms with Crippen molar-refractivity contribution in [2.75, 3.05) is 0 Å². The molecule has 0 saturated heterocycles. The van der Waals surface area contributed by atoms with E-state index in [0.29, 0.717) is 5.92 Å². The summed E-state index contributed by atoms with van der Waals surface area (Å²) >= 11 is 5.60. The molecule has 1 aliphatic rings. The second-order valence-electron chi connectivity index (χ2n) is 4.64. The van der Waals surface area contributed by atoms with E-state index in [2.05, 4.69) is 20.8 Å². The normalized spacial score (nSPS) is 34.7. The summed E-state index contributed by atoms with van der Waals surface area (Å²) in [6.45, 7) is 6.42. The molecule has 0 N–H and O–H groups in total. The van der Waals surface area contributed by atoms with Crippen LogP contribution in [0.15, 0.2) is 0 Å². The molecular weight excluding hydrogens is 172 g/mol. The van der Waals surface area contributed by atoms with Crippen LogP contribution in [0.3, 0.4) is 0 Å². The lowest BCUT2D eigenvalue weighted by atomic mass is 9.65. The fraction of sp³-hybridized carbons (Fsp3) is 0.900. The summed E-state index contributed by atoms with van der Waals surface area (Å²) in [5, 5.41) is -0.146. The molecule has 1 rings (SSSR count). The van der Waals surface area contributed by atoms with Crippen LogP contribution in [-0.2, 0) is 4.79 Å². The van der Waals surface area contributed by atoms with Crippen LogP contribution in [0.1, 0.15) is 40.0 Å². The van der Waals surface area contributed by atoms with E-state index in [1.54, 1.807) is 0 Å². The minimum atomic E-state index is -0.146. The zero-order valence-corrected chi connectivity index (χ0v) is 8.82. The van der Waals surface area contributed by atoms with Crippen molar-refractivity contribution in [3.8, 4) is 0 Å². The van der Waals surface area contributed by atoms with E-state index < -0.39 is 0 Å². The lowest BCUT2D eigenvalue weighted by Crippen LogP contribution is -2.37. The van der Waals surface area contributed by atoms with E-state index in [-0.39, 0.29) is 16.6 Å². The van der Waals surface area contributed by atoms with Gasteiger partial charge < -0.3 is 0 Å². The van der Waals surface area contributed by atoms with Gasteiger partial charge in [0.25, 0.3) is 0 Å². The van der Waals surface area contributed by atoms with Crippen molar-refractivity contribution in [1.82, 2.24) is 0 Å². The highest BCUT2D eigenvalue weighted by molar-refractivity contribution is 6.64. The Kier molecular flexibility index (Phi) is 2.82. The lowest BCUT2D eigenvalue weighted by molar-refractivity contribution is -0.122. The van der Waals surface area contributed by atoms with Crippen LogP contribution < -0.4 is 0 Å². The summed E-state index contributed by atoms with van der Waals surface area (Å²) in [5.41, 5.74) is 0.108. The van der Waals surface area contributed by atoms with Gasteiger partial charge in [0.05, 0.1) is 0 Å². The molecule has 1 nitrogen and oxygen atoms in total. The van der Waals surface area contributed by atoms with Crippen LogP contribution in [-0.4, -0.2) is 5.24 Å². The van der Waals surface area contributed by atoms with Gasteiger partial charge in [-0.1, -0.05) is 27.2 Å². The summed E-state index contributed by atoms with van der Waals surface area (Å²) in [4.78, 5) is 11.2. The Morgan fingerprint density at radius 1 is 1.50 bits per heavy atom. The molecule has 0 amide bonds. The molecule has 1 saturated carbocycles. The van der Waals surface area contributed by atoms with Gasteiger partial charge in [0.2, 0.25) is 5.24 Å². The van der Waals surface area contributed by atoms with Crippen molar-refractivity contribution in [3.05, 3.63) is 0 Å². The largest absolute Gasteiger partial charge is 0.281 e. The number of hydrogen-bond acceptors (Lipinski definition) is 1. The molecule has 1 aliphatic carbocycles. The molecule has 0 bridgehead atoms. The zero-order valence-electron chi connectivity index (χ0n) is 8.06. The van der Waals surface area contributed by atoms with Crippen molar-refractivity contribution < 1.29 is 4.79 Å². The number of carbonyl (C=O) groups is 1. The van der Waals surface area contributed by atoms with Gasteiger partial charge in [0.1, 0.15) is 0 Å². The maximum Gasteiger partial charge on any atom is 0.225 e. The summed E-state index contributed by atoms with van der Waals surface area (Å²) < 4.78 is 0. The van der Waals surface area contributed by atoms with Gasteiger partial charge >= 0.3 is 0 Å². The minimum Gasteiger partial charge on any atom is -0.281 e. The first kappa shape index (κ1) is 10.0. The molecule has 0 aromatic rings. The van der Waals surface area contributed by atoms with Gasteiger partial charge in [-0.2, -0.15) is 0 Å². The topological polar surface area (TPSA) is 17.1 Å². The van der Waals surface area contributed by atoms with Crippen LogP contribution >= 0.6 is 11.6 Å². The first-order chi connectivity index (χ1) is 5.45. The number of rotatable bonds is 1. The molecule has 2 heteroatoms. The van der Waals surface area contributed by atoms with Crippen molar-refractivity contribution >= 4 is 16.8 Å². The van der Waals surface area contributed by atoms with Crippen molar-refractivity contribution in [1.29, 1.82) is 0 Å². The third kappa shape index (κ3) is 1.82. The Balaban J connectivity index is 2.81. The molecule has 2 atom stereocenters. The summed E-state index contributed by atoms with van der Waals surface area (Å²) in [6, 6.07) is 0. The minimum absolute atomic E-state index is 0.0629. The Morgan fingerprint density at radius 3 is 2.42 bits per heavy atom. The van der Waals surface area contributed by atoms with Crippen LogP contribution in [0.4, 0.5) is 0 Å². The van der Waals surface area contributed by atoms with Crippen molar-refractivity contribution in [2.45, 2.75) is 40.0 Å². The highest BCUT2D eigenvalue weighted by Gasteiger charge is 2.40. The molecule has 70 valence electrons. The van der Waals surface area contributed by atoms with Crippen LogP contribution in [0, 0.1) is 17.3 Å².